The third-order valence-electron chi connectivity index (χ3n) is 3.17. The number of hydrogen-bond acceptors (Lipinski definition) is 1. The highest BCUT2D eigenvalue weighted by Gasteiger charge is 2.14. The molecule has 1 heterocycles. The van der Waals surface area contributed by atoms with Crippen LogP contribution in [0, 0.1) is 5.82 Å². The third kappa shape index (κ3) is 2.73. The van der Waals surface area contributed by atoms with Gasteiger partial charge in [0.05, 0.1) is 16.1 Å². The standard InChI is InChI=1S/C15H10Cl3FN2/c16-6-5-15-20-13-7-11(18)12(19)8-14(13)21(15)10-3-1-9(17)2-4-10/h1-4,7-8H,5-6H2. The number of aromatic nitrogens is 2. The molecule has 0 aliphatic rings. The Morgan fingerprint density at radius 1 is 1.10 bits per heavy atom. The molecular formula is C15H10Cl3FN2. The van der Waals surface area contributed by atoms with Gasteiger partial charge in [0.1, 0.15) is 11.6 Å². The molecule has 0 saturated heterocycles. The zero-order valence-corrected chi connectivity index (χ0v) is 13.1. The molecule has 0 N–H and O–H groups in total. The number of alkyl halides is 1. The van der Waals surface area contributed by atoms with Crippen molar-refractivity contribution in [1.82, 2.24) is 9.55 Å². The summed E-state index contributed by atoms with van der Waals surface area (Å²) in [5.74, 6) is 0.702. The summed E-state index contributed by atoms with van der Waals surface area (Å²) >= 11 is 17.6. The summed E-state index contributed by atoms with van der Waals surface area (Å²) < 4.78 is 15.7. The van der Waals surface area contributed by atoms with Gasteiger partial charge in [0.2, 0.25) is 0 Å². The first-order valence-corrected chi connectivity index (χ1v) is 7.57. The molecule has 0 aliphatic heterocycles. The normalized spacial score (nSPS) is 11.2. The van der Waals surface area contributed by atoms with Crippen molar-refractivity contribution in [2.75, 3.05) is 5.88 Å². The van der Waals surface area contributed by atoms with E-state index in [2.05, 4.69) is 4.98 Å². The van der Waals surface area contributed by atoms with Crippen molar-refractivity contribution in [1.29, 1.82) is 0 Å². The Morgan fingerprint density at radius 3 is 2.48 bits per heavy atom. The molecule has 108 valence electrons. The maximum absolute atomic E-state index is 13.8. The molecule has 3 rings (SSSR count). The molecule has 0 aliphatic carbocycles. The molecule has 0 unspecified atom stereocenters. The second-order valence-electron chi connectivity index (χ2n) is 4.53. The molecule has 1 aromatic heterocycles. The van der Waals surface area contributed by atoms with E-state index < -0.39 is 5.82 Å². The van der Waals surface area contributed by atoms with E-state index in [1.165, 1.54) is 12.1 Å². The van der Waals surface area contributed by atoms with Crippen LogP contribution in [-0.2, 0) is 6.42 Å². The Morgan fingerprint density at radius 2 is 1.81 bits per heavy atom. The quantitative estimate of drug-likeness (QED) is 0.594. The van der Waals surface area contributed by atoms with Crippen molar-refractivity contribution < 1.29 is 4.39 Å². The summed E-state index contributed by atoms with van der Waals surface area (Å²) in [5, 5.41) is 0.692. The Hall–Kier alpha value is -1.29. The molecule has 0 bridgehead atoms. The highest BCUT2D eigenvalue weighted by atomic mass is 35.5. The molecule has 0 radical (unpaired) electrons. The summed E-state index contributed by atoms with van der Waals surface area (Å²) in [6.07, 6.45) is 0.568. The molecule has 6 heteroatoms. The van der Waals surface area contributed by atoms with Crippen LogP contribution < -0.4 is 0 Å². The topological polar surface area (TPSA) is 17.8 Å². The predicted octanol–water partition coefficient (Wildman–Crippen LogP) is 5.25. The molecule has 0 saturated carbocycles. The van der Waals surface area contributed by atoms with Gasteiger partial charge in [-0.25, -0.2) is 9.37 Å². The average molecular weight is 344 g/mol. The number of imidazole rings is 1. The molecule has 2 nitrogen and oxygen atoms in total. The van der Waals surface area contributed by atoms with E-state index in [1.54, 1.807) is 12.1 Å². The van der Waals surface area contributed by atoms with E-state index in [1.807, 2.05) is 16.7 Å². The van der Waals surface area contributed by atoms with E-state index in [-0.39, 0.29) is 5.02 Å². The van der Waals surface area contributed by atoms with Gasteiger partial charge < -0.3 is 0 Å². The van der Waals surface area contributed by atoms with Gasteiger partial charge >= 0.3 is 0 Å². The van der Waals surface area contributed by atoms with Crippen LogP contribution in [0.3, 0.4) is 0 Å². The first-order valence-electron chi connectivity index (χ1n) is 6.28. The number of fused-ring (bicyclic) bond motifs is 1. The molecular weight excluding hydrogens is 334 g/mol. The summed E-state index contributed by atoms with van der Waals surface area (Å²) in [6, 6.07) is 10.2. The van der Waals surface area contributed by atoms with Crippen LogP contribution in [-0.4, -0.2) is 15.4 Å². The van der Waals surface area contributed by atoms with Gasteiger partial charge in [-0.05, 0) is 30.3 Å². The minimum atomic E-state index is -0.475. The smallest absolute Gasteiger partial charge is 0.144 e. The highest BCUT2D eigenvalue weighted by Crippen LogP contribution is 2.27. The largest absolute Gasteiger partial charge is 0.296 e. The number of halogens is 4. The lowest BCUT2D eigenvalue weighted by Crippen LogP contribution is -2.02. The fraction of sp³-hybridized carbons (Fsp3) is 0.133. The average Bonchev–Trinajstić information content (AvgIpc) is 2.78. The van der Waals surface area contributed by atoms with Gasteiger partial charge in [-0.2, -0.15) is 0 Å². The Kier molecular flexibility index (Phi) is 4.07. The van der Waals surface area contributed by atoms with E-state index in [0.717, 1.165) is 11.5 Å². The third-order valence-corrected chi connectivity index (χ3v) is 3.90. The van der Waals surface area contributed by atoms with Crippen LogP contribution in [0.25, 0.3) is 16.7 Å². The zero-order valence-electron chi connectivity index (χ0n) is 10.8. The van der Waals surface area contributed by atoms with Crippen molar-refractivity contribution in [2.24, 2.45) is 0 Å². The maximum Gasteiger partial charge on any atom is 0.144 e. The number of rotatable bonds is 3. The van der Waals surface area contributed by atoms with Gasteiger partial charge in [0.15, 0.2) is 0 Å². The molecule has 2 aromatic carbocycles. The summed E-state index contributed by atoms with van der Waals surface area (Å²) in [5.41, 5.74) is 2.14. The number of benzene rings is 2. The molecule has 3 aromatic rings. The molecule has 0 atom stereocenters. The minimum Gasteiger partial charge on any atom is -0.296 e. The number of hydrogen-bond donors (Lipinski definition) is 0. The predicted molar refractivity (Wildman–Crippen MR) is 85.5 cm³/mol. The van der Waals surface area contributed by atoms with Gasteiger partial charge in [0.25, 0.3) is 0 Å². The summed E-state index contributed by atoms with van der Waals surface area (Å²) in [6.45, 7) is 0. The monoisotopic (exact) mass is 342 g/mol. The second kappa shape index (κ2) is 5.84. The zero-order chi connectivity index (χ0) is 15.0. The minimum absolute atomic E-state index is 0.0562. The SMILES string of the molecule is Fc1cc2c(cc1Cl)nc(CCCl)n2-c1ccc(Cl)cc1. The van der Waals surface area contributed by atoms with Crippen LogP contribution in [0.2, 0.25) is 10.0 Å². The molecule has 0 spiro atoms. The van der Waals surface area contributed by atoms with Crippen LogP contribution in [0.15, 0.2) is 36.4 Å². The van der Waals surface area contributed by atoms with Crippen molar-refractivity contribution in [3.05, 3.63) is 58.1 Å². The van der Waals surface area contributed by atoms with Crippen molar-refractivity contribution >= 4 is 45.8 Å². The summed E-state index contributed by atoms with van der Waals surface area (Å²) in [4.78, 5) is 4.50. The van der Waals surface area contributed by atoms with Crippen LogP contribution in [0.5, 0.6) is 0 Å². The van der Waals surface area contributed by atoms with Gasteiger partial charge in [-0.3, -0.25) is 4.57 Å². The lowest BCUT2D eigenvalue weighted by molar-refractivity contribution is 0.629. The first-order chi connectivity index (χ1) is 10.1. The summed E-state index contributed by atoms with van der Waals surface area (Å²) in [7, 11) is 0. The number of aryl methyl sites for hydroxylation is 1. The molecule has 21 heavy (non-hydrogen) atoms. The number of nitrogens with zero attached hydrogens (tertiary/aromatic N) is 2. The first kappa shape index (κ1) is 14.6. The van der Waals surface area contributed by atoms with Gasteiger partial charge in [0, 0.05) is 29.1 Å². The molecule has 0 fully saturated rings. The Labute approximate surface area is 136 Å². The second-order valence-corrected chi connectivity index (χ2v) is 5.76. The lowest BCUT2D eigenvalue weighted by atomic mass is 10.2. The fourth-order valence-corrected chi connectivity index (χ4v) is 2.71. The lowest BCUT2D eigenvalue weighted by Gasteiger charge is -2.09. The highest BCUT2D eigenvalue weighted by molar-refractivity contribution is 6.31. The van der Waals surface area contributed by atoms with Crippen molar-refractivity contribution in [2.45, 2.75) is 6.42 Å². The van der Waals surface area contributed by atoms with Gasteiger partial charge in [-0.1, -0.05) is 23.2 Å². The van der Waals surface area contributed by atoms with Crippen molar-refractivity contribution in [3.8, 4) is 5.69 Å². The van der Waals surface area contributed by atoms with E-state index in [9.17, 15) is 4.39 Å². The maximum atomic E-state index is 13.8. The van der Waals surface area contributed by atoms with Crippen LogP contribution in [0.4, 0.5) is 4.39 Å². The van der Waals surface area contributed by atoms with E-state index >= 15 is 0 Å². The Balaban J connectivity index is 2.29. The van der Waals surface area contributed by atoms with E-state index in [0.29, 0.717) is 28.4 Å². The van der Waals surface area contributed by atoms with Crippen LogP contribution >= 0.6 is 34.8 Å². The van der Waals surface area contributed by atoms with Crippen molar-refractivity contribution in [3.63, 3.8) is 0 Å². The van der Waals surface area contributed by atoms with Crippen LogP contribution in [0.1, 0.15) is 5.82 Å². The Bertz CT molecular complexity index is 797. The fourth-order valence-electron chi connectivity index (χ4n) is 2.25. The van der Waals surface area contributed by atoms with E-state index in [4.69, 9.17) is 34.8 Å². The van der Waals surface area contributed by atoms with Gasteiger partial charge in [-0.15, -0.1) is 11.6 Å². The molecule has 0 amide bonds.